The summed E-state index contributed by atoms with van der Waals surface area (Å²) in [6.45, 7) is 3.82. The van der Waals surface area contributed by atoms with Crippen LogP contribution in [0.5, 0.6) is 0 Å². The molecule has 2 rings (SSSR count). The molecular formula is C11H13BrN2O. The highest BCUT2D eigenvalue weighted by atomic mass is 79.9. The first-order valence-electron chi connectivity index (χ1n) is 4.90. The number of anilines is 1. The number of benzene rings is 1. The van der Waals surface area contributed by atoms with Crippen molar-refractivity contribution in [2.45, 2.75) is 25.8 Å². The lowest BCUT2D eigenvalue weighted by Gasteiger charge is -2.12. The van der Waals surface area contributed by atoms with Gasteiger partial charge in [-0.2, -0.15) is 0 Å². The molecule has 0 spiro atoms. The van der Waals surface area contributed by atoms with Crippen molar-refractivity contribution in [1.82, 2.24) is 0 Å². The third-order valence-electron chi connectivity index (χ3n) is 2.76. The summed E-state index contributed by atoms with van der Waals surface area (Å²) in [5, 5.41) is 2.88. The van der Waals surface area contributed by atoms with Crippen LogP contribution in [0.2, 0.25) is 0 Å². The Morgan fingerprint density at radius 2 is 2.20 bits per heavy atom. The van der Waals surface area contributed by atoms with Gasteiger partial charge in [0.1, 0.15) is 0 Å². The number of hydrogen-bond donors (Lipinski definition) is 2. The zero-order valence-electron chi connectivity index (χ0n) is 8.67. The van der Waals surface area contributed by atoms with E-state index in [4.69, 9.17) is 5.73 Å². The standard InChI is InChI=1S/C11H13BrN2O/c1-5-8-3-7(12)4-9(6(2)13)10(8)14-11(5)15/h3-6H,13H2,1-2H3,(H,14,15). The normalized spacial score (nSPS) is 21.1. The Kier molecular flexibility index (Phi) is 2.56. The van der Waals surface area contributed by atoms with E-state index in [0.717, 1.165) is 21.3 Å². The topological polar surface area (TPSA) is 55.1 Å². The summed E-state index contributed by atoms with van der Waals surface area (Å²) >= 11 is 3.44. The van der Waals surface area contributed by atoms with E-state index in [1.165, 1.54) is 0 Å². The van der Waals surface area contributed by atoms with Crippen molar-refractivity contribution in [3.05, 3.63) is 27.7 Å². The molecule has 2 atom stereocenters. The minimum absolute atomic E-state index is 0.0463. The summed E-state index contributed by atoms with van der Waals surface area (Å²) in [4.78, 5) is 11.5. The molecule has 1 heterocycles. The summed E-state index contributed by atoms with van der Waals surface area (Å²) in [6.07, 6.45) is 0. The second kappa shape index (κ2) is 3.61. The average Bonchev–Trinajstić information content (AvgIpc) is 2.43. The minimum atomic E-state index is -0.0880. The third-order valence-corrected chi connectivity index (χ3v) is 3.22. The van der Waals surface area contributed by atoms with Gasteiger partial charge in [0.2, 0.25) is 5.91 Å². The number of nitrogens with two attached hydrogens (primary N) is 1. The van der Waals surface area contributed by atoms with Gasteiger partial charge in [-0.05, 0) is 37.1 Å². The lowest BCUT2D eigenvalue weighted by molar-refractivity contribution is -0.116. The number of nitrogens with one attached hydrogen (secondary N) is 1. The fraction of sp³-hybridized carbons (Fsp3) is 0.364. The monoisotopic (exact) mass is 268 g/mol. The fourth-order valence-corrected chi connectivity index (χ4v) is 2.36. The van der Waals surface area contributed by atoms with Gasteiger partial charge in [0.05, 0.1) is 5.92 Å². The molecular weight excluding hydrogens is 256 g/mol. The molecule has 0 saturated heterocycles. The lowest BCUT2D eigenvalue weighted by Crippen LogP contribution is -2.11. The first-order valence-corrected chi connectivity index (χ1v) is 5.69. The molecule has 0 aromatic heterocycles. The predicted octanol–water partition coefficient (Wildman–Crippen LogP) is 2.52. The largest absolute Gasteiger partial charge is 0.325 e. The number of hydrogen-bond acceptors (Lipinski definition) is 2. The molecule has 0 fully saturated rings. The zero-order chi connectivity index (χ0) is 11.2. The summed E-state index contributed by atoms with van der Waals surface area (Å²) in [7, 11) is 0. The van der Waals surface area contributed by atoms with Gasteiger partial charge in [-0.15, -0.1) is 0 Å². The van der Waals surface area contributed by atoms with Gasteiger partial charge in [-0.1, -0.05) is 15.9 Å². The van der Waals surface area contributed by atoms with Gasteiger partial charge in [0.25, 0.3) is 0 Å². The number of amides is 1. The van der Waals surface area contributed by atoms with E-state index in [1.807, 2.05) is 26.0 Å². The Morgan fingerprint density at radius 3 is 2.80 bits per heavy atom. The van der Waals surface area contributed by atoms with Gasteiger partial charge < -0.3 is 11.1 Å². The molecule has 0 saturated carbocycles. The maximum atomic E-state index is 11.5. The van der Waals surface area contributed by atoms with E-state index in [2.05, 4.69) is 21.2 Å². The number of rotatable bonds is 1. The maximum Gasteiger partial charge on any atom is 0.231 e. The van der Waals surface area contributed by atoms with Crippen molar-refractivity contribution in [2.75, 3.05) is 5.32 Å². The summed E-state index contributed by atoms with van der Waals surface area (Å²) in [5.74, 6) is -0.0417. The molecule has 0 aliphatic carbocycles. The highest BCUT2D eigenvalue weighted by Crippen LogP contribution is 2.39. The lowest BCUT2D eigenvalue weighted by atomic mass is 9.98. The van der Waals surface area contributed by atoms with Gasteiger partial charge in [-0.3, -0.25) is 4.79 Å². The molecule has 1 amide bonds. The Balaban J connectivity index is 2.62. The summed E-state index contributed by atoms with van der Waals surface area (Å²) < 4.78 is 0.969. The van der Waals surface area contributed by atoms with Crippen molar-refractivity contribution >= 4 is 27.5 Å². The second-order valence-corrected chi connectivity index (χ2v) is 4.87. The van der Waals surface area contributed by atoms with Crippen LogP contribution >= 0.6 is 15.9 Å². The maximum absolute atomic E-state index is 11.5. The molecule has 2 unspecified atom stereocenters. The molecule has 80 valence electrons. The van der Waals surface area contributed by atoms with Gasteiger partial charge >= 0.3 is 0 Å². The summed E-state index contributed by atoms with van der Waals surface area (Å²) in [6, 6.07) is 3.85. The molecule has 15 heavy (non-hydrogen) atoms. The van der Waals surface area contributed by atoms with Crippen molar-refractivity contribution < 1.29 is 4.79 Å². The van der Waals surface area contributed by atoms with Gasteiger partial charge in [0, 0.05) is 16.2 Å². The van der Waals surface area contributed by atoms with E-state index >= 15 is 0 Å². The van der Waals surface area contributed by atoms with E-state index in [-0.39, 0.29) is 17.9 Å². The third kappa shape index (κ3) is 1.68. The molecule has 0 radical (unpaired) electrons. The number of carbonyl (C=O) groups excluding carboxylic acids is 1. The molecule has 1 aliphatic rings. The van der Waals surface area contributed by atoms with Crippen LogP contribution in [0.3, 0.4) is 0 Å². The Labute approximate surface area is 97.2 Å². The number of carbonyl (C=O) groups is 1. The van der Waals surface area contributed by atoms with Crippen LogP contribution in [-0.2, 0) is 4.79 Å². The minimum Gasteiger partial charge on any atom is -0.325 e. The first kappa shape index (κ1) is 10.6. The molecule has 4 heteroatoms. The molecule has 0 bridgehead atoms. The predicted molar refractivity (Wildman–Crippen MR) is 63.8 cm³/mol. The van der Waals surface area contributed by atoms with E-state index in [0.29, 0.717) is 0 Å². The first-order chi connectivity index (χ1) is 7.00. The summed E-state index contributed by atoms with van der Waals surface area (Å²) in [5.41, 5.74) is 8.78. The quantitative estimate of drug-likeness (QED) is 0.823. The molecule has 1 aromatic rings. The second-order valence-electron chi connectivity index (χ2n) is 3.96. The van der Waals surface area contributed by atoms with Crippen molar-refractivity contribution in [3.8, 4) is 0 Å². The molecule has 3 N–H and O–H groups in total. The molecule has 1 aromatic carbocycles. The molecule has 3 nitrogen and oxygen atoms in total. The SMILES string of the molecule is CC(N)c1cc(Br)cc2c1NC(=O)C2C. The van der Waals surface area contributed by atoms with Crippen molar-refractivity contribution in [3.63, 3.8) is 0 Å². The zero-order valence-corrected chi connectivity index (χ0v) is 10.3. The van der Waals surface area contributed by atoms with Crippen LogP contribution in [0.1, 0.15) is 36.9 Å². The van der Waals surface area contributed by atoms with Crippen LogP contribution in [-0.4, -0.2) is 5.91 Å². The van der Waals surface area contributed by atoms with Crippen molar-refractivity contribution in [1.29, 1.82) is 0 Å². The Hall–Kier alpha value is -0.870. The van der Waals surface area contributed by atoms with E-state index in [1.54, 1.807) is 0 Å². The van der Waals surface area contributed by atoms with Crippen LogP contribution in [0.15, 0.2) is 16.6 Å². The Morgan fingerprint density at radius 1 is 1.53 bits per heavy atom. The van der Waals surface area contributed by atoms with Gasteiger partial charge in [-0.25, -0.2) is 0 Å². The number of fused-ring (bicyclic) bond motifs is 1. The highest BCUT2D eigenvalue weighted by molar-refractivity contribution is 9.10. The fourth-order valence-electron chi connectivity index (χ4n) is 1.87. The van der Waals surface area contributed by atoms with E-state index in [9.17, 15) is 4.79 Å². The van der Waals surface area contributed by atoms with Gasteiger partial charge in [0.15, 0.2) is 0 Å². The van der Waals surface area contributed by atoms with E-state index < -0.39 is 0 Å². The van der Waals surface area contributed by atoms with Crippen LogP contribution in [0.25, 0.3) is 0 Å². The van der Waals surface area contributed by atoms with Crippen LogP contribution in [0.4, 0.5) is 5.69 Å². The Bertz CT molecular complexity index is 429. The van der Waals surface area contributed by atoms with Crippen LogP contribution in [0, 0.1) is 0 Å². The van der Waals surface area contributed by atoms with Crippen LogP contribution < -0.4 is 11.1 Å². The average molecular weight is 269 g/mol. The molecule has 1 aliphatic heterocycles. The number of halogens is 1. The van der Waals surface area contributed by atoms with Crippen molar-refractivity contribution in [2.24, 2.45) is 5.73 Å². The smallest absolute Gasteiger partial charge is 0.231 e. The highest BCUT2D eigenvalue weighted by Gasteiger charge is 2.29.